The van der Waals surface area contributed by atoms with E-state index in [0.29, 0.717) is 19.8 Å². The highest BCUT2D eigenvalue weighted by Crippen LogP contribution is 2.20. The summed E-state index contributed by atoms with van der Waals surface area (Å²) in [4.78, 5) is 0. The molecule has 0 saturated carbocycles. The first-order valence-electron chi connectivity index (χ1n) is 5.06. The van der Waals surface area contributed by atoms with Crippen LogP contribution in [0.2, 0.25) is 0 Å². The Morgan fingerprint density at radius 2 is 2.29 bits per heavy atom. The number of aliphatic hydroxyl groups excluding tert-OH is 1. The van der Waals surface area contributed by atoms with Gasteiger partial charge in [0, 0.05) is 0 Å². The molecule has 4 nitrogen and oxygen atoms in total. The Hall–Kier alpha value is -0.580. The van der Waals surface area contributed by atoms with Gasteiger partial charge in [-0.1, -0.05) is 0 Å². The van der Waals surface area contributed by atoms with Gasteiger partial charge in [-0.2, -0.15) is 0 Å². The third-order valence-electron chi connectivity index (χ3n) is 2.54. The van der Waals surface area contributed by atoms with Crippen LogP contribution < -0.4 is 0 Å². The maximum atomic E-state index is 9.95. The van der Waals surface area contributed by atoms with Gasteiger partial charge in [0.15, 0.2) is 0 Å². The average Bonchev–Trinajstić information content (AvgIpc) is 2.30. The highest BCUT2D eigenvalue weighted by Gasteiger charge is 2.27. The molecule has 2 rings (SSSR count). The minimum absolute atomic E-state index is 0.225. The van der Waals surface area contributed by atoms with Crippen molar-refractivity contribution in [1.82, 2.24) is 0 Å². The predicted molar refractivity (Wildman–Crippen MR) is 49.8 cm³/mol. The monoisotopic (exact) mass is 200 g/mol. The Bertz CT molecular complexity index is 208. The van der Waals surface area contributed by atoms with E-state index in [1.807, 2.05) is 0 Å². The third kappa shape index (κ3) is 2.26. The van der Waals surface area contributed by atoms with Crippen molar-refractivity contribution in [3.63, 3.8) is 0 Å². The van der Waals surface area contributed by atoms with Crippen molar-refractivity contribution >= 4 is 0 Å². The summed E-state index contributed by atoms with van der Waals surface area (Å²) in [6.07, 6.45) is 2.72. The van der Waals surface area contributed by atoms with Gasteiger partial charge in [0.2, 0.25) is 0 Å². The molecule has 14 heavy (non-hydrogen) atoms. The molecule has 2 atom stereocenters. The van der Waals surface area contributed by atoms with E-state index >= 15 is 0 Å². The molecule has 0 radical (unpaired) electrons. The maximum absolute atomic E-state index is 9.95. The van der Waals surface area contributed by atoms with Crippen molar-refractivity contribution in [1.29, 1.82) is 0 Å². The predicted octanol–water partition coefficient (Wildman–Crippen LogP) is 0.457. The summed E-state index contributed by atoms with van der Waals surface area (Å²) >= 11 is 0. The molecule has 2 unspecified atom stereocenters. The van der Waals surface area contributed by atoms with E-state index in [9.17, 15) is 5.11 Å². The Kier molecular flexibility index (Phi) is 3.39. The molecule has 1 fully saturated rings. The molecule has 4 heteroatoms. The van der Waals surface area contributed by atoms with Crippen molar-refractivity contribution < 1.29 is 19.3 Å². The average molecular weight is 200 g/mol. The highest BCUT2D eigenvalue weighted by molar-refractivity contribution is 5.09. The molecule has 80 valence electrons. The zero-order valence-corrected chi connectivity index (χ0v) is 8.15. The molecule has 0 aliphatic carbocycles. The third-order valence-corrected chi connectivity index (χ3v) is 2.54. The second kappa shape index (κ2) is 4.77. The van der Waals surface area contributed by atoms with E-state index in [-0.39, 0.29) is 6.10 Å². The van der Waals surface area contributed by atoms with Crippen LogP contribution in [-0.4, -0.2) is 43.7 Å². The maximum Gasteiger partial charge on any atom is 0.111 e. The minimum Gasteiger partial charge on any atom is -0.501 e. The van der Waals surface area contributed by atoms with Crippen molar-refractivity contribution in [2.45, 2.75) is 25.0 Å². The van der Waals surface area contributed by atoms with Crippen LogP contribution in [0.25, 0.3) is 0 Å². The topological polar surface area (TPSA) is 47.9 Å². The first-order valence-corrected chi connectivity index (χ1v) is 5.06. The molecular formula is C10H16O4. The van der Waals surface area contributed by atoms with Crippen molar-refractivity contribution in [2.24, 2.45) is 0 Å². The molecule has 0 amide bonds. The molecule has 0 aromatic rings. The van der Waals surface area contributed by atoms with E-state index in [4.69, 9.17) is 14.2 Å². The molecular weight excluding hydrogens is 184 g/mol. The molecule has 0 aromatic heterocycles. The van der Waals surface area contributed by atoms with Crippen molar-refractivity contribution in [3.05, 3.63) is 11.8 Å². The molecule has 0 bridgehead atoms. The van der Waals surface area contributed by atoms with Gasteiger partial charge in [0.25, 0.3) is 0 Å². The first kappa shape index (κ1) is 9.96. The number of hydrogen-bond donors (Lipinski definition) is 1. The standard InChI is InChI=1S/C10H16O4/c11-10(8-2-1-3-12-6-8)9-7-13-4-5-14-9/h6,9-11H,1-5,7H2. The molecule has 0 aromatic carbocycles. The molecule has 2 aliphatic heterocycles. The lowest BCUT2D eigenvalue weighted by Crippen LogP contribution is -2.39. The van der Waals surface area contributed by atoms with Crippen molar-refractivity contribution in [3.8, 4) is 0 Å². The molecule has 1 N–H and O–H groups in total. The lowest BCUT2D eigenvalue weighted by molar-refractivity contribution is -0.125. The van der Waals surface area contributed by atoms with Crippen LogP contribution in [0.4, 0.5) is 0 Å². The quantitative estimate of drug-likeness (QED) is 0.703. The Morgan fingerprint density at radius 1 is 1.36 bits per heavy atom. The molecule has 2 heterocycles. The van der Waals surface area contributed by atoms with Gasteiger partial charge < -0.3 is 19.3 Å². The SMILES string of the molecule is OC(C1=COCCC1)C1COCCO1. The largest absolute Gasteiger partial charge is 0.501 e. The summed E-state index contributed by atoms with van der Waals surface area (Å²) in [6, 6.07) is 0. The van der Waals surface area contributed by atoms with Crippen LogP contribution >= 0.6 is 0 Å². The fourth-order valence-corrected chi connectivity index (χ4v) is 1.73. The van der Waals surface area contributed by atoms with E-state index in [0.717, 1.165) is 25.0 Å². The zero-order chi connectivity index (χ0) is 9.80. The van der Waals surface area contributed by atoms with E-state index in [2.05, 4.69) is 0 Å². The second-order valence-corrected chi connectivity index (χ2v) is 3.60. The summed E-state index contributed by atoms with van der Waals surface area (Å²) in [7, 11) is 0. The van der Waals surface area contributed by atoms with Gasteiger partial charge in [0.05, 0.1) is 32.7 Å². The van der Waals surface area contributed by atoms with Crippen molar-refractivity contribution in [2.75, 3.05) is 26.4 Å². The summed E-state index contributed by atoms with van der Waals surface area (Å²) in [6.45, 7) is 2.41. The number of aliphatic hydroxyl groups is 1. The van der Waals surface area contributed by atoms with Crippen LogP contribution in [0.5, 0.6) is 0 Å². The van der Waals surface area contributed by atoms with Gasteiger partial charge in [-0.15, -0.1) is 0 Å². The van der Waals surface area contributed by atoms with Gasteiger partial charge >= 0.3 is 0 Å². The Morgan fingerprint density at radius 3 is 2.93 bits per heavy atom. The van der Waals surface area contributed by atoms with Gasteiger partial charge in [-0.3, -0.25) is 0 Å². The summed E-state index contributed by atoms with van der Waals surface area (Å²) in [5.74, 6) is 0. The number of ether oxygens (including phenoxy) is 3. The Labute approximate surface area is 83.5 Å². The molecule has 0 spiro atoms. The van der Waals surface area contributed by atoms with Crippen LogP contribution in [0.15, 0.2) is 11.8 Å². The fourth-order valence-electron chi connectivity index (χ4n) is 1.73. The number of hydrogen-bond acceptors (Lipinski definition) is 4. The molecule has 2 aliphatic rings. The fraction of sp³-hybridized carbons (Fsp3) is 0.800. The molecule has 1 saturated heterocycles. The van der Waals surface area contributed by atoms with Gasteiger partial charge in [-0.05, 0) is 18.4 Å². The summed E-state index contributed by atoms with van der Waals surface area (Å²) in [5, 5.41) is 9.95. The lowest BCUT2D eigenvalue weighted by Gasteiger charge is -2.29. The van der Waals surface area contributed by atoms with Gasteiger partial charge in [0.1, 0.15) is 12.2 Å². The summed E-state index contributed by atoms with van der Waals surface area (Å²) in [5.41, 5.74) is 0.923. The number of rotatable bonds is 2. The van der Waals surface area contributed by atoms with Crippen LogP contribution in [0, 0.1) is 0 Å². The normalized spacial score (nSPS) is 30.4. The van der Waals surface area contributed by atoms with Gasteiger partial charge in [-0.25, -0.2) is 0 Å². The highest BCUT2D eigenvalue weighted by atomic mass is 16.6. The summed E-state index contributed by atoms with van der Waals surface area (Å²) < 4.78 is 15.8. The zero-order valence-electron chi connectivity index (χ0n) is 8.15. The van der Waals surface area contributed by atoms with E-state index < -0.39 is 6.10 Å². The van der Waals surface area contributed by atoms with E-state index in [1.165, 1.54) is 0 Å². The smallest absolute Gasteiger partial charge is 0.111 e. The van der Waals surface area contributed by atoms with Crippen LogP contribution in [0.1, 0.15) is 12.8 Å². The Balaban J connectivity index is 1.91. The van der Waals surface area contributed by atoms with E-state index in [1.54, 1.807) is 6.26 Å². The van der Waals surface area contributed by atoms with Crippen LogP contribution in [0.3, 0.4) is 0 Å². The second-order valence-electron chi connectivity index (χ2n) is 3.60. The minimum atomic E-state index is -0.574. The lowest BCUT2D eigenvalue weighted by atomic mass is 10.0. The van der Waals surface area contributed by atoms with Crippen LogP contribution in [-0.2, 0) is 14.2 Å². The first-order chi connectivity index (χ1) is 6.88.